The van der Waals surface area contributed by atoms with Crippen LogP contribution in [0.1, 0.15) is 25.3 Å². The summed E-state index contributed by atoms with van der Waals surface area (Å²) < 4.78 is 0. The van der Waals surface area contributed by atoms with E-state index in [2.05, 4.69) is 11.4 Å². The Morgan fingerprint density at radius 2 is 2.05 bits per heavy atom. The lowest BCUT2D eigenvalue weighted by Gasteiger charge is -2.27. The highest BCUT2D eigenvalue weighted by Gasteiger charge is 2.28. The molecule has 19 heavy (non-hydrogen) atoms. The van der Waals surface area contributed by atoms with Gasteiger partial charge in [0.1, 0.15) is 5.75 Å². The minimum absolute atomic E-state index is 0.0844. The molecule has 1 aromatic rings. The number of dihydropyridines is 1. The number of halogens is 1. The van der Waals surface area contributed by atoms with Gasteiger partial charge in [0.25, 0.3) is 0 Å². The van der Waals surface area contributed by atoms with Crippen molar-refractivity contribution in [1.82, 2.24) is 5.32 Å². The molecule has 0 bridgehead atoms. The van der Waals surface area contributed by atoms with Crippen LogP contribution < -0.4 is 11.1 Å². The number of rotatable bonds is 1. The molecule has 2 rings (SSSR count). The summed E-state index contributed by atoms with van der Waals surface area (Å²) in [5, 5.41) is 22.2. The predicted molar refractivity (Wildman–Crippen MR) is 74.2 cm³/mol. The van der Waals surface area contributed by atoms with Crippen molar-refractivity contribution in [3.05, 3.63) is 51.4 Å². The first-order chi connectivity index (χ1) is 8.95. The van der Waals surface area contributed by atoms with Crippen LogP contribution in [-0.2, 0) is 0 Å². The van der Waals surface area contributed by atoms with Crippen molar-refractivity contribution in [2.75, 3.05) is 0 Å². The molecule has 1 unspecified atom stereocenters. The zero-order valence-electron chi connectivity index (χ0n) is 10.7. The molecule has 98 valence electrons. The van der Waals surface area contributed by atoms with Gasteiger partial charge in [0, 0.05) is 22.1 Å². The first-order valence-corrected chi connectivity index (χ1v) is 6.16. The van der Waals surface area contributed by atoms with Crippen LogP contribution >= 0.6 is 11.6 Å². The van der Waals surface area contributed by atoms with Crippen molar-refractivity contribution in [3.63, 3.8) is 0 Å². The number of nitrogens with zero attached hydrogens (tertiary/aromatic N) is 1. The lowest BCUT2D eigenvalue weighted by molar-refractivity contribution is 0.475. The molecular formula is C14H14ClN3O. The summed E-state index contributed by atoms with van der Waals surface area (Å²) in [5.41, 5.74) is 9.50. The number of aromatic hydroxyl groups is 1. The highest BCUT2D eigenvalue weighted by atomic mass is 35.5. The standard InChI is InChI=1S/C14H14ClN3O/c1-7-11(6-16)13(14(17)8(2)18-7)10-4-3-9(19)5-12(10)15/h3-5,13,18-19H,17H2,1-2H3. The van der Waals surface area contributed by atoms with E-state index in [1.165, 1.54) is 12.1 Å². The number of phenolic OH excluding ortho intramolecular Hbond substituents is 1. The molecule has 4 nitrogen and oxygen atoms in total. The SMILES string of the molecule is CC1=C(N)C(c2ccc(O)cc2Cl)C(C#N)=C(C)N1. The van der Waals surface area contributed by atoms with Gasteiger partial charge in [-0.05, 0) is 31.5 Å². The van der Waals surface area contributed by atoms with E-state index in [0.717, 1.165) is 11.4 Å². The molecule has 0 aromatic heterocycles. The number of benzene rings is 1. The van der Waals surface area contributed by atoms with Gasteiger partial charge in [-0.25, -0.2) is 0 Å². The molecule has 0 saturated heterocycles. The van der Waals surface area contributed by atoms with Crippen LogP contribution in [0.4, 0.5) is 0 Å². The van der Waals surface area contributed by atoms with E-state index in [-0.39, 0.29) is 11.7 Å². The molecule has 0 saturated carbocycles. The van der Waals surface area contributed by atoms with Gasteiger partial charge < -0.3 is 16.2 Å². The number of nitrogens with one attached hydrogen (secondary N) is 1. The van der Waals surface area contributed by atoms with E-state index < -0.39 is 0 Å². The maximum Gasteiger partial charge on any atom is 0.117 e. The van der Waals surface area contributed by atoms with Gasteiger partial charge in [-0.2, -0.15) is 5.26 Å². The highest BCUT2D eigenvalue weighted by Crippen LogP contribution is 2.39. The van der Waals surface area contributed by atoms with Gasteiger partial charge in [-0.1, -0.05) is 17.7 Å². The molecule has 1 aromatic carbocycles. The van der Waals surface area contributed by atoms with E-state index in [4.69, 9.17) is 17.3 Å². The third kappa shape index (κ3) is 2.25. The Morgan fingerprint density at radius 3 is 2.63 bits per heavy atom. The Hall–Kier alpha value is -2.12. The first-order valence-electron chi connectivity index (χ1n) is 5.78. The van der Waals surface area contributed by atoms with E-state index in [1.54, 1.807) is 6.07 Å². The second-order valence-electron chi connectivity index (χ2n) is 4.49. The van der Waals surface area contributed by atoms with Gasteiger partial charge in [0.15, 0.2) is 0 Å². The fourth-order valence-corrected chi connectivity index (χ4v) is 2.51. The lowest BCUT2D eigenvalue weighted by atomic mass is 9.85. The van der Waals surface area contributed by atoms with Gasteiger partial charge in [0.05, 0.1) is 17.6 Å². The molecule has 1 aliphatic rings. The van der Waals surface area contributed by atoms with Crippen LogP contribution in [0.2, 0.25) is 5.02 Å². The van der Waals surface area contributed by atoms with Gasteiger partial charge in [-0.3, -0.25) is 0 Å². The number of nitriles is 1. The topological polar surface area (TPSA) is 82.1 Å². The summed E-state index contributed by atoms with van der Waals surface area (Å²) in [6.07, 6.45) is 0. The Bertz CT molecular complexity index is 641. The number of phenols is 1. The van der Waals surface area contributed by atoms with Crippen molar-refractivity contribution < 1.29 is 5.11 Å². The van der Waals surface area contributed by atoms with Crippen molar-refractivity contribution >= 4 is 11.6 Å². The maximum absolute atomic E-state index is 9.41. The Balaban J connectivity index is 2.63. The normalized spacial score (nSPS) is 19.2. The third-order valence-corrected chi connectivity index (χ3v) is 3.55. The predicted octanol–water partition coefficient (Wildman–Crippen LogP) is 2.72. The van der Waals surface area contributed by atoms with Gasteiger partial charge >= 0.3 is 0 Å². The second-order valence-corrected chi connectivity index (χ2v) is 4.90. The lowest BCUT2D eigenvalue weighted by Crippen LogP contribution is -2.27. The fraction of sp³-hybridized carbons (Fsp3) is 0.214. The van der Waals surface area contributed by atoms with Crippen LogP contribution in [0.3, 0.4) is 0 Å². The average Bonchev–Trinajstić information content (AvgIpc) is 2.34. The zero-order chi connectivity index (χ0) is 14.2. The average molecular weight is 276 g/mol. The maximum atomic E-state index is 9.41. The summed E-state index contributed by atoms with van der Waals surface area (Å²) in [5.74, 6) is -0.291. The highest BCUT2D eigenvalue weighted by molar-refractivity contribution is 6.31. The number of hydrogen-bond donors (Lipinski definition) is 3. The van der Waals surface area contributed by atoms with Crippen LogP contribution in [0.15, 0.2) is 40.9 Å². The minimum Gasteiger partial charge on any atom is -0.508 e. The van der Waals surface area contributed by atoms with E-state index in [0.29, 0.717) is 21.9 Å². The molecule has 0 spiro atoms. The fourth-order valence-electron chi connectivity index (χ4n) is 2.23. The largest absolute Gasteiger partial charge is 0.508 e. The smallest absolute Gasteiger partial charge is 0.117 e. The van der Waals surface area contributed by atoms with Crippen molar-refractivity contribution in [2.45, 2.75) is 19.8 Å². The summed E-state index contributed by atoms with van der Waals surface area (Å²) in [6, 6.07) is 6.86. The van der Waals surface area contributed by atoms with Crippen LogP contribution in [0.5, 0.6) is 5.75 Å². The Labute approximate surface area is 116 Å². The van der Waals surface area contributed by atoms with Crippen LogP contribution in [0.25, 0.3) is 0 Å². The molecule has 0 aliphatic carbocycles. The molecular weight excluding hydrogens is 262 g/mol. The van der Waals surface area contributed by atoms with E-state index in [1.807, 2.05) is 13.8 Å². The Kier molecular flexibility index (Phi) is 3.41. The number of nitrogens with two attached hydrogens (primary N) is 1. The monoisotopic (exact) mass is 275 g/mol. The summed E-state index contributed by atoms with van der Waals surface area (Å²) in [6.45, 7) is 3.68. The molecule has 1 heterocycles. The van der Waals surface area contributed by atoms with Crippen LogP contribution in [-0.4, -0.2) is 5.11 Å². The Morgan fingerprint density at radius 1 is 1.37 bits per heavy atom. The van der Waals surface area contributed by atoms with Crippen molar-refractivity contribution in [3.8, 4) is 11.8 Å². The van der Waals surface area contributed by atoms with Gasteiger partial charge in [-0.15, -0.1) is 0 Å². The number of allylic oxidation sites excluding steroid dienone is 3. The molecule has 0 fully saturated rings. The summed E-state index contributed by atoms with van der Waals surface area (Å²) in [7, 11) is 0. The van der Waals surface area contributed by atoms with E-state index in [9.17, 15) is 10.4 Å². The molecule has 0 amide bonds. The van der Waals surface area contributed by atoms with Crippen molar-refractivity contribution in [1.29, 1.82) is 5.26 Å². The molecule has 0 radical (unpaired) electrons. The van der Waals surface area contributed by atoms with Crippen LogP contribution in [0, 0.1) is 11.3 Å². The minimum atomic E-state index is -0.376. The zero-order valence-corrected chi connectivity index (χ0v) is 11.4. The summed E-state index contributed by atoms with van der Waals surface area (Å²) >= 11 is 6.16. The molecule has 1 atom stereocenters. The second kappa shape index (κ2) is 4.87. The molecule has 5 heteroatoms. The van der Waals surface area contributed by atoms with Crippen molar-refractivity contribution in [2.24, 2.45) is 5.73 Å². The quantitative estimate of drug-likeness (QED) is 0.736. The number of hydrogen-bond acceptors (Lipinski definition) is 4. The third-order valence-electron chi connectivity index (χ3n) is 3.23. The van der Waals surface area contributed by atoms with Gasteiger partial charge in [0.2, 0.25) is 0 Å². The molecule has 4 N–H and O–H groups in total. The summed E-state index contributed by atoms with van der Waals surface area (Å²) in [4.78, 5) is 0. The first kappa shape index (κ1) is 13.3. The molecule has 1 aliphatic heterocycles. The van der Waals surface area contributed by atoms with E-state index >= 15 is 0 Å².